The molecule has 2 rings (SSSR count). The van der Waals surface area contributed by atoms with E-state index < -0.39 is 0 Å². The van der Waals surface area contributed by atoms with E-state index in [9.17, 15) is 4.79 Å². The van der Waals surface area contributed by atoms with Crippen molar-refractivity contribution < 1.29 is 14.3 Å². The molecule has 0 saturated heterocycles. The summed E-state index contributed by atoms with van der Waals surface area (Å²) in [6.07, 6.45) is 5.17. The van der Waals surface area contributed by atoms with Crippen LogP contribution >= 0.6 is 0 Å². The van der Waals surface area contributed by atoms with Crippen molar-refractivity contribution in [2.24, 2.45) is 0 Å². The highest BCUT2D eigenvalue weighted by Crippen LogP contribution is 2.21. The van der Waals surface area contributed by atoms with Crippen molar-refractivity contribution in [3.63, 3.8) is 0 Å². The number of nitrogens with one attached hydrogen (secondary N) is 1. The Kier molecular flexibility index (Phi) is 4.84. The van der Waals surface area contributed by atoms with Gasteiger partial charge in [-0.3, -0.25) is 4.79 Å². The standard InChI is InChI=1S/C17H15NO3/c1-3-12-21-16-7-5-4-6-15(16)17(19)18-13-8-10-14(20-2)11-9-13/h1,4-11H,12H2,2H3,(H,18,19). The van der Waals surface area contributed by atoms with Crippen LogP contribution in [-0.4, -0.2) is 19.6 Å². The highest BCUT2D eigenvalue weighted by Gasteiger charge is 2.12. The second-order valence-electron chi connectivity index (χ2n) is 4.17. The topological polar surface area (TPSA) is 47.6 Å². The number of anilines is 1. The Morgan fingerprint density at radius 1 is 1.19 bits per heavy atom. The van der Waals surface area contributed by atoms with Gasteiger partial charge in [-0.1, -0.05) is 18.1 Å². The van der Waals surface area contributed by atoms with Crippen molar-refractivity contribution >= 4 is 11.6 Å². The molecule has 1 N–H and O–H groups in total. The monoisotopic (exact) mass is 281 g/mol. The molecule has 0 bridgehead atoms. The van der Waals surface area contributed by atoms with E-state index in [1.54, 1.807) is 55.6 Å². The number of carbonyl (C=O) groups is 1. The summed E-state index contributed by atoms with van der Waals surface area (Å²) in [6.45, 7) is 0.118. The molecule has 0 atom stereocenters. The molecule has 4 nitrogen and oxygen atoms in total. The molecule has 0 spiro atoms. The normalized spacial score (nSPS) is 9.52. The van der Waals surface area contributed by atoms with Crippen molar-refractivity contribution in [1.29, 1.82) is 0 Å². The zero-order valence-electron chi connectivity index (χ0n) is 11.6. The predicted octanol–water partition coefficient (Wildman–Crippen LogP) is 2.96. The van der Waals surface area contributed by atoms with E-state index in [0.717, 1.165) is 5.75 Å². The van der Waals surface area contributed by atoms with Gasteiger partial charge in [0.05, 0.1) is 12.7 Å². The smallest absolute Gasteiger partial charge is 0.259 e. The van der Waals surface area contributed by atoms with Gasteiger partial charge < -0.3 is 14.8 Å². The van der Waals surface area contributed by atoms with E-state index in [-0.39, 0.29) is 12.5 Å². The van der Waals surface area contributed by atoms with Crippen LogP contribution in [0.2, 0.25) is 0 Å². The molecule has 2 aromatic rings. The molecule has 1 amide bonds. The summed E-state index contributed by atoms with van der Waals surface area (Å²) in [4.78, 5) is 12.3. The Bertz CT molecular complexity index is 656. The number of ether oxygens (including phenoxy) is 2. The molecule has 21 heavy (non-hydrogen) atoms. The summed E-state index contributed by atoms with van der Waals surface area (Å²) >= 11 is 0. The molecule has 4 heteroatoms. The number of hydrogen-bond acceptors (Lipinski definition) is 3. The van der Waals surface area contributed by atoms with Gasteiger partial charge in [-0.05, 0) is 36.4 Å². The van der Waals surface area contributed by atoms with Gasteiger partial charge in [-0.15, -0.1) is 6.42 Å². The van der Waals surface area contributed by atoms with Crippen LogP contribution in [0.5, 0.6) is 11.5 Å². The van der Waals surface area contributed by atoms with Gasteiger partial charge in [0.15, 0.2) is 0 Å². The Labute approximate surface area is 123 Å². The summed E-state index contributed by atoms with van der Waals surface area (Å²) in [6, 6.07) is 14.0. The SMILES string of the molecule is C#CCOc1ccccc1C(=O)Nc1ccc(OC)cc1. The average Bonchev–Trinajstić information content (AvgIpc) is 2.54. The van der Waals surface area contributed by atoms with E-state index >= 15 is 0 Å². The van der Waals surface area contributed by atoms with Crippen LogP contribution in [0.3, 0.4) is 0 Å². The molecule has 0 unspecified atom stereocenters. The molecule has 0 aliphatic heterocycles. The maximum Gasteiger partial charge on any atom is 0.259 e. The van der Waals surface area contributed by atoms with Crippen LogP contribution < -0.4 is 14.8 Å². The summed E-state index contributed by atoms with van der Waals surface area (Å²) in [5.74, 6) is 3.31. The number of rotatable bonds is 5. The molecule has 0 aromatic heterocycles. The van der Waals surface area contributed by atoms with E-state index in [4.69, 9.17) is 15.9 Å². The van der Waals surface area contributed by atoms with Crippen LogP contribution in [0.1, 0.15) is 10.4 Å². The van der Waals surface area contributed by atoms with Crippen LogP contribution in [0.25, 0.3) is 0 Å². The first-order valence-corrected chi connectivity index (χ1v) is 6.35. The van der Waals surface area contributed by atoms with Crippen LogP contribution in [0.15, 0.2) is 48.5 Å². The fourth-order valence-corrected chi connectivity index (χ4v) is 1.77. The molecule has 0 saturated carbocycles. The molecule has 106 valence electrons. The maximum absolute atomic E-state index is 12.3. The number of terminal acetylenes is 1. The van der Waals surface area contributed by atoms with E-state index in [0.29, 0.717) is 17.0 Å². The highest BCUT2D eigenvalue weighted by molar-refractivity contribution is 6.06. The zero-order chi connectivity index (χ0) is 15.1. The fraction of sp³-hybridized carbons (Fsp3) is 0.118. The van der Waals surface area contributed by atoms with Crippen LogP contribution in [-0.2, 0) is 0 Å². The van der Waals surface area contributed by atoms with E-state index in [1.165, 1.54) is 0 Å². The fourth-order valence-electron chi connectivity index (χ4n) is 1.77. The predicted molar refractivity (Wildman–Crippen MR) is 81.7 cm³/mol. The third-order valence-electron chi connectivity index (χ3n) is 2.79. The second-order valence-corrected chi connectivity index (χ2v) is 4.17. The number of carbonyl (C=O) groups excluding carboxylic acids is 1. The largest absolute Gasteiger partial charge is 0.497 e. The van der Waals surface area contributed by atoms with Crippen molar-refractivity contribution in [2.75, 3.05) is 19.0 Å². The lowest BCUT2D eigenvalue weighted by molar-refractivity contribution is 0.102. The van der Waals surface area contributed by atoms with Gasteiger partial charge in [0, 0.05) is 5.69 Å². The van der Waals surface area contributed by atoms with E-state index in [1.807, 2.05) is 0 Å². The number of hydrogen-bond donors (Lipinski definition) is 1. The Balaban J connectivity index is 2.14. The van der Waals surface area contributed by atoms with Gasteiger partial charge in [-0.25, -0.2) is 0 Å². The first kappa shape index (κ1) is 14.5. The molecule has 0 aliphatic carbocycles. The second kappa shape index (κ2) is 7.01. The summed E-state index contributed by atoms with van der Waals surface area (Å²) < 4.78 is 10.4. The Hall–Kier alpha value is -2.93. The first-order chi connectivity index (χ1) is 10.2. The van der Waals surface area contributed by atoms with Gasteiger partial charge in [0.25, 0.3) is 5.91 Å². The van der Waals surface area contributed by atoms with E-state index in [2.05, 4.69) is 11.2 Å². The lowest BCUT2D eigenvalue weighted by Gasteiger charge is -2.10. The minimum absolute atomic E-state index is 0.118. The Morgan fingerprint density at radius 3 is 2.57 bits per heavy atom. The number of amides is 1. The van der Waals surface area contributed by atoms with Gasteiger partial charge >= 0.3 is 0 Å². The van der Waals surface area contributed by atoms with Gasteiger partial charge in [0.2, 0.25) is 0 Å². The molecule has 0 aliphatic rings. The van der Waals surface area contributed by atoms with Crippen molar-refractivity contribution in [3.05, 3.63) is 54.1 Å². The van der Waals surface area contributed by atoms with Gasteiger partial charge in [0.1, 0.15) is 18.1 Å². The molecule has 0 radical (unpaired) electrons. The van der Waals surface area contributed by atoms with Crippen LogP contribution in [0.4, 0.5) is 5.69 Å². The third-order valence-corrected chi connectivity index (χ3v) is 2.79. The van der Waals surface area contributed by atoms with Crippen molar-refractivity contribution in [1.82, 2.24) is 0 Å². The molecule has 0 fully saturated rings. The lowest BCUT2D eigenvalue weighted by atomic mass is 10.2. The molecular formula is C17H15NO3. The minimum Gasteiger partial charge on any atom is -0.497 e. The van der Waals surface area contributed by atoms with Crippen molar-refractivity contribution in [3.8, 4) is 23.8 Å². The molecule has 2 aromatic carbocycles. The first-order valence-electron chi connectivity index (χ1n) is 6.35. The third kappa shape index (κ3) is 3.77. The molecular weight excluding hydrogens is 266 g/mol. The van der Waals surface area contributed by atoms with Gasteiger partial charge in [-0.2, -0.15) is 0 Å². The number of methoxy groups -OCH3 is 1. The summed E-state index contributed by atoms with van der Waals surface area (Å²) in [7, 11) is 1.59. The lowest BCUT2D eigenvalue weighted by Crippen LogP contribution is -2.13. The van der Waals surface area contributed by atoms with Crippen molar-refractivity contribution in [2.45, 2.75) is 0 Å². The molecule has 0 heterocycles. The maximum atomic E-state index is 12.3. The minimum atomic E-state index is -0.257. The average molecular weight is 281 g/mol. The summed E-state index contributed by atoms with van der Waals surface area (Å²) in [5.41, 5.74) is 1.11. The quantitative estimate of drug-likeness (QED) is 0.857. The highest BCUT2D eigenvalue weighted by atomic mass is 16.5. The number of benzene rings is 2. The summed E-state index contributed by atoms with van der Waals surface area (Å²) in [5, 5.41) is 2.80. The zero-order valence-corrected chi connectivity index (χ0v) is 11.6. The number of para-hydroxylation sites is 1. The Morgan fingerprint density at radius 2 is 1.90 bits per heavy atom. The van der Waals surface area contributed by atoms with Crippen LogP contribution in [0, 0.1) is 12.3 Å².